The number of halogens is 1. The highest BCUT2D eigenvalue weighted by atomic mass is 19.1. The normalized spacial score (nSPS) is 19.7. The van der Waals surface area contributed by atoms with Gasteiger partial charge in [0.15, 0.2) is 11.6 Å². The summed E-state index contributed by atoms with van der Waals surface area (Å²) >= 11 is 0. The Morgan fingerprint density at radius 2 is 2.00 bits per heavy atom. The molecule has 2 heterocycles. The van der Waals surface area contributed by atoms with Crippen LogP contribution in [-0.4, -0.2) is 48.0 Å². The van der Waals surface area contributed by atoms with Crippen LogP contribution in [0.5, 0.6) is 5.75 Å². The summed E-state index contributed by atoms with van der Waals surface area (Å²) in [6, 6.07) is 8.30. The van der Waals surface area contributed by atoms with Gasteiger partial charge in [-0.3, -0.25) is 0 Å². The number of hydrogen-bond acceptors (Lipinski definition) is 6. The van der Waals surface area contributed by atoms with Crippen molar-refractivity contribution in [3.8, 4) is 5.75 Å². The van der Waals surface area contributed by atoms with Crippen molar-refractivity contribution in [3.63, 3.8) is 0 Å². The summed E-state index contributed by atoms with van der Waals surface area (Å²) in [7, 11) is 1.91. The van der Waals surface area contributed by atoms with Gasteiger partial charge in [-0.15, -0.1) is 0 Å². The third kappa shape index (κ3) is 4.81. The number of nitrogens with zero attached hydrogens (tertiary/aromatic N) is 4. The molecule has 0 amide bonds. The first-order chi connectivity index (χ1) is 14.9. The Labute approximate surface area is 183 Å². The van der Waals surface area contributed by atoms with Crippen molar-refractivity contribution in [1.29, 1.82) is 0 Å². The van der Waals surface area contributed by atoms with E-state index in [1.165, 1.54) is 12.7 Å². The van der Waals surface area contributed by atoms with E-state index >= 15 is 4.39 Å². The van der Waals surface area contributed by atoms with E-state index in [2.05, 4.69) is 16.9 Å². The predicted octanol–water partition coefficient (Wildman–Crippen LogP) is 4.34. The number of benzene rings is 1. The fourth-order valence-electron chi connectivity index (χ4n) is 4.40. The third-order valence-electron chi connectivity index (χ3n) is 6.50. The van der Waals surface area contributed by atoms with Gasteiger partial charge < -0.3 is 19.3 Å². The molecule has 166 valence electrons. The molecule has 0 N–H and O–H groups in total. The zero-order valence-electron chi connectivity index (χ0n) is 18.6. The third-order valence-corrected chi connectivity index (χ3v) is 6.50. The maximum atomic E-state index is 15.2. The van der Waals surface area contributed by atoms with Crippen molar-refractivity contribution in [2.45, 2.75) is 64.0 Å². The van der Waals surface area contributed by atoms with Crippen LogP contribution in [0.2, 0.25) is 0 Å². The van der Waals surface area contributed by atoms with E-state index in [0.29, 0.717) is 37.2 Å². The van der Waals surface area contributed by atoms with Crippen molar-refractivity contribution >= 4 is 17.4 Å². The standard InChI is InChI=1S/C24H31FN4O2/c1-16(13-17(2)30)18-7-9-20(10-8-18)31-21-11-12-29(14-21)24-22(25)23(26-15-27-24)28(3)19-5-4-6-19/h7-10,15-16,19,21H,4-6,11-14H2,1-3H3/t16-,21-/m1/s1. The topological polar surface area (TPSA) is 58.6 Å². The number of aromatic nitrogens is 2. The summed E-state index contributed by atoms with van der Waals surface area (Å²) in [5.74, 6) is 1.57. The van der Waals surface area contributed by atoms with E-state index in [4.69, 9.17) is 4.74 Å². The summed E-state index contributed by atoms with van der Waals surface area (Å²) in [4.78, 5) is 23.7. The number of rotatable bonds is 8. The second-order valence-corrected chi connectivity index (χ2v) is 8.88. The molecule has 1 saturated carbocycles. The van der Waals surface area contributed by atoms with E-state index in [0.717, 1.165) is 30.6 Å². The maximum absolute atomic E-state index is 15.2. The lowest BCUT2D eigenvalue weighted by Gasteiger charge is -2.35. The van der Waals surface area contributed by atoms with Crippen LogP contribution < -0.4 is 14.5 Å². The first-order valence-corrected chi connectivity index (χ1v) is 11.2. The van der Waals surface area contributed by atoms with Gasteiger partial charge in [0.2, 0.25) is 5.82 Å². The van der Waals surface area contributed by atoms with Crippen molar-refractivity contribution in [2.75, 3.05) is 29.9 Å². The van der Waals surface area contributed by atoms with E-state index in [9.17, 15) is 4.79 Å². The molecule has 1 aliphatic carbocycles. The predicted molar refractivity (Wildman–Crippen MR) is 119 cm³/mol. The Kier molecular flexibility index (Phi) is 6.39. The molecule has 1 saturated heterocycles. The molecule has 4 rings (SSSR count). The summed E-state index contributed by atoms with van der Waals surface area (Å²) in [6.07, 6.45) is 6.14. The highest BCUT2D eigenvalue weighted by Gasteiger charge is 2.31. The zero-order chi connectivity index (χ0) is 22.0. The van der Waals surface area contributed by atoms with Crippen LogP contribution in [-0.2, 0) is 4.79 Å². The lowest BCUT2D eigenvalue weighted by Crippen LogP contribution is -2.38. The lowest BCUT2D eigenvalue weighted by molar-refractivity contribution is -0.117. The molecule has 0 spiro atoms. The van der Waals surface area contributed by atoms with Crippen molar-refractivity contribution in [3.05, 3.63) is 42.0 Å². The molecule has 0 bridgehead atoms. The second kappa shape index (κ2) is 9.20. The van der Waals surface area contributed by atoms with Gasteiger partial charge in [-0.25, -0.2) is 9.97 Å². The van der Waals surface area contributed by atoms with Gasteiger partial charge in [-0.05, 0) is 49.8 Å². The van der Waals surface area contributed by atoms with Gasteiger partial charge >= 0.3 is 0 Å². The Morgan fingerprint density at radius 3 is 2.65 bits per heavy atom. The highest BCUT2D eigenvalue weighted by molar-refractivity contribution is 5.76. The fourth-order valence-corrected chi connectivity index (χ4v) is 4.40. The largest absolute Gasteiger partial charge is 0.489 e. The van der Waals surface area contributed by atoms with Crippen LogP contribution in [0.15, 0.2) is 30.6 Å². The number of hydrogen-bond donors (Lipinski definition) is 0. The smallest absolute Gasteiger partial charge is 0.208 e. The number of Topliss-reactive ketones (excluding diaryl/α,β-unsaturated/α-hetero) is 1. The molecular weight excluding hydrogens is 395 g/mol. The maximum Gasteiger partial charge on any atom is 0.208 e. The number of anilines is 2. The summed E-state index contributed by atoms with van der Waals surface area (Å²) < 4.78 is 21.3. The fraction of sp³-hybridized carbons (Fsp3) is 0.542. The van der Waals surface area contributed by atoms with Crippen LogP contribution in [0.1, 0.15) is 57.4 Å². The van der Waals surface area contributed by atoms with Crippen LogP contribution in [0.25, 0.3) is 0 Å². The Hall–Kier alpha value is -2.70. The summed E-state index contributed by atoms with van der Waals surface area (Å²) in [5.41, 5.74) is 1.13. The van der Waals surface area contributed by atoms with Gasteiger partial charge in [-0.1, -0.05) is 19.1 Å². The average molecular weight is 427 g/mol. The van der Waals surface area contributed by atoms with Crippen LogP contribution >= 0.6 is 0 Å². The molecule has 31 heavy (non-hydrogen) atoms. The quantitative estimate of drug-likeness (QED) is 0.626. The number of carbonyl (C=O) groups is 1. The van der Waals surface area contributed by atoms with Gasteiger partial charge in [0.25, 0.3) is 0 Å². The van der Waals surface area contributed by atoms with E-state index in [-0.39, 0.29) is 23.6 Å². The molecule has 0 unspecified atom stereocenters. The van der Waals surface area contributed by atoms with E-state index < -0.39 is 0 Å². The summed E-state index contributed by atoms with van der Waals surface area (Å²) in [5, 5.41) is 0. The average Bonchev–Trinajstić information content (AvgIpc) is 3.15. The monoisotopic (exact) mass is 426 g/mol. The minimum absolute atomic E-state index is 0.0253. The molecule has 2 aromatic rings. The second-order valence-electron chi connectivity index (χ2n) is 8.88. The zero-order valence-corrected chi connectivity index (χ0v) is 18.6. The minimum Gasteiger partial charge on any atom is -0.489 e. The summed E-state index contributed by atoms with van der Waals surface area (Å²) in [6.45, 7) is 4.95. The molecule has 0 radical (unpaired) electrons. The molecule has 2 atom stereocenters. The molecule has 6 nitrogen and oxygen atoms in total. The van der Waals surface area contributed by atoms with E-state index in [1.54, 1.807) is 6.92 Å². The van der Waals surface area contributed by atoms with E-state index in [1.807, 2.05) is 41.1 Å². The Morgan fingerprint density at radius 1 is 1.26 bits per heavy atom. The van der Waals surface area contributed by atoms with Crippen LogP contribution in [0.3, 0.4) is 0 Å². The minimum atomic E-state index is -0.346. The van der Waals surface area contributed by atoms with Crippen molar-refractivity contribution in [1.82, 2.24) is 9.97 Å². The van der Waals surface area contributed by atoms with Crippen LogP contribution in [0.4, 0.5) is 16.0 Å². The molecule has 2 fully saturated rings. The molecule has 7 heteroatoms. The molecule has 1 aromatic carbocycles. The van der Waals surface area contributed by atoms with Gasteiger partial charge in [0, 0.05) is 32.5 Å². The molecular formula is C24H31FN4O2. The highest BCUT2D eigenvalue weighted by Crippen LogP contribution is 2.32. The van der Waals surface area contributed by atoms with Gasteiger partial charge in [0.1, 0.15) is 24.0 Å². The number of carbonyl (C=O) groups excluding carboxylic acids is 1. The van der Waals surface area contributed by atoms with Gasteiger partial charge in [-0.2, -0.15) is 4.39 Å². The molecule has 1 aromatic heterocycles. The number of ether oxygens (including phenoxy) is 1. The first kappa shape index (κ1) is 21.5. The SMILES string of the molecule is CC(=O)C[C@@H](C)c1ccc(O[C@@H]2CCN(c3ncnc(N(C)C4CCC4)c3F)C2)cc1. The Bertz CT molecular complexity index is 916. The first-order valence-electron chi connectivity index (χ1n) is 11.2. The van der Waals surface area contributed by atoms with Gasteiger partial charge in [0.05, 0.1) is 6.54 Å². The van der Waals surface area contributed by atoms with Crippen molar-refractivity contribution in [2.24, 2.45) is 0 Å². The Balaban J connectivity index is 1.38. The lowest BCUT2D eigenvalue weighted by atomic mass is 9.92. The number of ketones is 1. The molecule has 1 aliphatic heterocycles. The van der Waals surface area contributed by atoms with Crippen molar-refractivity contribution < 1.29 is 13.9 Å². The molecule has 2 aliphatic rings. The van der Waals surface area contributed by atoms with Crippen LogP contribution in [0, 0.1) is 5.82 Å².